The lowest BCUT2D eigenvalue weighted by Gasteiger charge is -2.41. The van der Waals surface area contributed by atoms with Crippen molar-refractivity contribution in [3.8, 4) is 0 Å². The van der Waals surface area contributed by atoms with E-state index < -0.39 is 5.54 Å². The van der Waals surface area contributed by atoms with Gasteiger partial charge in [0, 0.05) is 24.8 Å². The molecule has 3 amide bonds. The van der Waals surface area contributed by atoms with E-state index in [4.69, 9.17) is 0 Å². The van der Waals surface area contributed by atoms with Gasteiger partial charge in [0.1, 0.15) is 11.2 Å². The number of carbonyl (C=O) groups excluding carboxylic acids is 3. The quantitative estimate of drug-likeness (QED) is 0.696. The van der Waals surface area contributed by atoms with Crippen LogP contribution in [0.1, 0.15) is 77.6 Å². The molecule has 0 bridgehead atoms. The predicted octanol–water partition coefficient (Wildman–Crippen LogP) is 3.44. The third-order valence-electron chi connectivity index (χ3n) is 6.89. The maximum atomic E-state index is 13.3. The van der Waals surface area contributed by atoms with E-state index in [1.807, 2.05) is 32.0 Å². The van der Waals surface area contributed by atoms with Crippen LogP contribution in [0.4, 0.5) is 5.69 Å². The summed E-state index contributed by atoms with van der Waals surface area (Å²) in [6.07, 6.45) is 6.55. The number of carbonyl (C=O) groups is 3. The van der Waals surface area contributed by atoms with Gasteiger partial charge in [0.15, 0.2) is 5.69 Å². The standard InChI is InChI=1S/C25H33N5O3/c1-16-11-17(2)13-19(12-16)26-22(31)20-14-21-23(32)29(4)25(3,15-30(21)28-20)24(33)27-18-9-7-5-6-8-10-18/h11-14,18H,5-10,15H2,1-4H3,(H,26,31)(H,27,33)/t25-/m0/s1. The van der Waals surface area contributed by atoms with Gasteiger partial charge in [-0.15, -0.1) is 0 Å². The van der Waals surface area contributed by atoms with Gasteiger partial charge in [0.05, 0.1) is 6.54 Å². The minimum Gasteiger partial charge on any atom is -0.351 e. The van der Waals surface area contributed by atoms with Crippen molar-refractivity contribution in [1.82, 2.24) is 20.0 Å². The molecule has 1 atom stereocenters. The van der Waals surface area contributed by atoms with Crippen molar-refractivity contribution >= 4 is 23.4 Å². The largest absolute Gasteiger partial charge is 0.351 e. The molecular formula is C25H33N5O3. The average molecular weight is 452 g/mol. The molecule has 2 aromatic rings. The molecule has 1 aliphatic heterocycles. The summed E-state index contributed by atoms with van der Waals surface area (Å²) in [6, 6.07) is 7.43. The Kier molecular flexibility index (Phi) is 6.28. The number of amides is 3. The summed E-state index contributed by atoms with van der Waals surface area (Å²) in [7, 11) is 1.64. The van der Waals surface area contributed by atoms with E-state index in [9.17, 15) is 14.4 Å². The molecule has 1 fully saturated rings. The molecule has 1 saturated carbocycles. The highest BCUT2D eigenvalue weighted by molar-refractivity contribution is 6.06. The second-order valence-corrected chi connectivity index (χ2v) is 9.70. The number of nitrogens with zero attached hydrogens (tertiary/aromatic N) is 3. The van der Waals surface area contributed by atoms with E-state index in [-0.39, 0.29) is 36.0 Å². The highest BCUT2D eigenvalue weighted by atomic mass is 16.2. The first-order chi connectivity index (χ1) is 15.7. The zero-order chi connectivity index (χ0) is 23.8. The van der Waals surface area contributed by atoms with E-state index in [1.54, 1.807) is 14.0 Å². The molecule has 2 heterocycles. The topological polar surface area (TPSA) is 96.3 Å². The number of anilines is 1. The Morgan fingerprint density at radius 2 is 1.67 bits per heavy atom. The molecule has 0 spiro atoms. The molecule has 8 heteroatoms. The molecule has 1 aliphatic carbocycles. The van der Waals surface area contributed by atoms with Crippen molar-refractivity contribution in [3.05, 3.63) is 46.8 Å². The number of likely N-dealkylation sites (N-methyl/N-ethyl adjacent to an activating group) is 1. The molecule has 1 aromatic carbocycles. The van der Waals surface area contributed by atoms with Crippen molar-refractivity contribution in [2.45, 2.75) is 77.4 Å². The molecule has 0 unspecified atom stereocenters. The van der Waals surface area contributed by atoms with Crippen LogP contribution in [0.5, 0.6) is 0 Å². The van der Waals surface area contributed by atoms with Crippen molar-refractivity contribution in [1.29, 1.82) is 0 Å². The van der Waals surface area contributed by atoms with Gasteiger partial charge in [0.25, 0.3) is 11.8 Å². The van der Waals surface area contributed by atoms with Gasteiger partial charge in [0.2, 0.25) is 5.91 Å². The Balaban J connectivity index is 1.53. The Labute approximate surface area is 194 Å². The van der Waals surface area contributed by atoms with Crippen LogP contribution in [0.25, 0.3) is 0 Å². The van der Waals surface area contributed by atoms with Crippen LogP contribution >= 0.6 is 0 Å². The number of aryl methyl sites for hydroxylation is 2. The maximum Gasteiger partial charge on any atom is 0.276 e. The number of nitrogens with one attached hydrogen (secondary N) is 2. The van der Waals surface area contributed by atoms with Gasteiger partial charge < -0.3 is 15.5 Å². The minimum atomic E-state index is -1.08. The first-order valence-electron chi connectivity index (χ1n) is 11.7. The van der Waals surface area contributed by atoms with Gasteiger partial charge in [-0.05, 0) is 56.9 Å². The Bertz CT molecular complexity index is 1060. The second kappa shape index (κ2) is 9.00. The van der Waals surface area contributed by atoms with Crippen molar-refractivity contribution in [2.75, 3.05) is 12.4 Å². The molecular weight excluding hydrogens is 418 g/mol. The van der Waals surface area contributed by atoms with E-state index >= 15 is 0 Å². The third-order valence-corrected chi connectivity index (χ3v) is 6.89. The minimum absolute atomic E-state index is 0.137. The Morgan fingerprint density at radius 3 is 2.30 bits per heavy atom. The molecule has 2 aliphatic rings. The summed E-state index contributed by atoms with van der Waals surface area (Å²) in [6.45, 7) is 5.89. The fourth-order valence-electron chi connectivity index (χ4n) is 4.84. The lowest BCUT2D eigenvalue weighted by molar-refractivity contribution is -0.133. The van der Waals surface area contributed by atoms with Crippen LogP contribution in [-0.2, 0) is 11.3 Å². The fourth-order valence-corrected chi connectivity index (χ4v) is 4.84. The number of rotatable bonds is 4. The summed E-state index contributed by atoms with van der Waals surface area (Å²) in [4.78, 5) is 40.7. The summed E-state index contributed by atoms with van der Waals surface area (Å²) >= 11 is 0. The molecule has 0 radical (unpaired) electrons. The van der Waals surface area contributed by atoms with Gasteiger partial charge in [-0.25, -0.2) is 0 Å². The molecule has 1 aromatic heterocycles. The lowest BCUT2D eigenvalue weighted by Crippen LogP contribution is -2.63. The molecule has 33 heavy (non-hydrogen) atoms. The summed E-state index contributed by atoms with van der Waals surface area (Å²) < 4.78 is 1.49. The monoisotopic (exact) mass is 451 g/mol. The predicted molar refractivity (Wildman–Crippen MR) is 126 cm³/mol. The molecule has 4 rings (SSSR count). The number of benzene rings is 1. The summed E-state index contributed by atoms with van der Waals surface area (Å²) in [5.74, 6) is -0.882. The van der Waals surface area contributed by atoms with Crippen LogP contribution in [-0.4, -0.2) is 51.0 Å². The first-order valence-corrected chi connectivity index (χ1v) is 11.7. The van der Waals surface area contributed by atoms with Crippen LogP contribution in [0, 0.1) is 13.8 Å². The van der Waals surface area contributed by atoms with Crippen LogP contribution in [0.15, 0.2) is 24.3 Å². The van der Waals surface area contributed by atoms with Crippen molar-refractivity contribution in [2.24, 2.45) is 0 Å². The summed E-state index contributed by atoms with van der Waals surface area (Å²) in [5, 5.41) is 10.4. The zero-order valence-electron chi connectivity index (χ0n) is 19.9. The highest BCUT2D eigenvalue weighted by Crippen LogP contribution is 2.27. The maximum absolute atomic E-state index is 13.3. The van der Waals surface area contributed by atoms with E-state index in [2.05, 4.69) is 15.7 Å². The van der Waals surface area contributed by atoms with E-state index in [0.29, 0.717) is 11.4 Å². The Morgan fingerprint density at radius 1 is 1.03 bits per heavy atom. The smallest absolute Gasteiger partial charge is 0.276 e. The number of hydrogen-bond donors (Lipinski definition) is 2. The zero-order valence-corrected chi connectivity index (χ0v) is 19.9. The second-order valence-electron chi connectivity index (χ2n) is 9.70. The number of aromatic nitrogens is 2. The van der Waals surface area contributed by atoms with Gasteiger partial charge in [-0.3, -0.25) is 19.1 Å². The van der Waals surface area contributed by atoms with Crippen LogP contribution in [0.3, 0.4) is 0 Å². The Hall–Kier alpha value is -3.16. The SMILES string of the molecule is Cc1cc(C)cc(NC(=O)c2cc3n(n2)C[C@@](C)(C(=O)NC2CCCCCC2)N(C)C3=O)c1. The van der Waals surface area contributed by atoms with Crippen molar-refractivity contribution in [3.63, 3.8) is 0 Å². The molecule has 8 nitrogen and oxygen atoms in total. The van der Waals surface area contributed by atoms with Crippen molar-refractivity contribution < 1.29 is 14.4 Å². The molecule has 0 saturated heterocycles. The summed E-state index contributed by atoms with van der Waals surface area (Å²) in [5.41, 5.74) is 2.15. The van der Waals surface area contributed by atoms with Gasteiger partial charge >= 0.3 is 0 Å². The lowest BCUT2D eigenvalue weighted by atomic mass is 9.95. The van der Waals surface area contributed by atoms with Crippen LogP contribution < -0.4 is 10.6 Å². The molecule has 176 valence electrons. The average Bonchev–Trinajstić information content (AvgIpc) is 3.00. The first kappa shape index (κ1) is 23.0. The van der Waals surface area contributed by atoms with Crippen LogP contribution in [0.2, 0.25) is 0 Å². The number of fused-ring (bicyclic) bond motifs is 1. The van der Waals surface area contributed by atoms with E-state index in [0.717, 1.165) is 36.8 Å². The van der Waals surface area contributed by atoms with Gasteiger partial charge in [-0.1, -0.05) is 31.7 Å². The number of hydrogen-bond acceptors (Lipinski definition) is 4. The molecule has 2 N–H and O–H groups in total. The van der Waals surface area contributed by atoms with Gasteiger partial charge in [-0.2, -0.15) is 5.10 Å². The normalized spacial score (nSPS) is 21.3. The van der Waals surface area contributed by atoms with E-state index in [1.165, 1.54) is 28.5 Å². The highest BCUT2D eigenvalue weighted by Gasteiger charge is 2.46. The third kappa shape index (κ3) is 4.65. The fraction of sp³-hybridized carbons (Fsp3) is 0.520.